The fraction of sp³-hybridized carbons (Fsp3) is 0.375. The van der Waals surface area contributed by atoms with Gasteiger partial charge in [0.1, 0.15) is 11.9 Å². The number of hydrogen-bond acceptors (Lipinski definition) is 2. The molecule has 0 radical (unpaired) electrons. The topological polar surface area (TPSA) is 40.2 Å². The summed E-state index contributed by atoms with van der Waals surface area (Å²) in [5.41, 5.74) is 9.67. The molecule has 2 aromatic rings. The van der Waals surface area contributed by atoms with Crippen molar-refractivity contribution in [2.24, 2.45) is 5.73 Å². The fourth-order valence-electron chi connectivity index (χ4n) is 2.63. The average Bonchev–Trinajstić information content (AvgIpc) is 2.95. The van der Waals surface area contributed by atoms with E-state index in [2.05, 4.69) is 48.1 Å². The zero-order valence-corrected chi connectivity index (χ0v) is 11.5. The Bertz CT molecular complexity index is 586. The van der Waals surface area contributed by atoms with Crippen molar-refractivity contribution in [3.05, 3.63) is 53.3 Å². The van der Waals surface area contributed by atoms with Gasteiger partial charge in [0.2, 0.25) is 0 Å². The normalized spacial score (nSPS) is 19.0. The molecular weight excluding hydrogens is 236 g/mol. The molecule has 0 fully saturated rings. The number of nitrogens with zero attached hydrogens (tertiary/aromatic N) is 1. The number of aryl methyl sites for hydroxylation is 1. The third-order valence-electron chi connectivity index (χ3n) is 3.67. The van der Waals surface area contributed by atoms with E-state index in [1.54, 1.807) is 0 Å². The first-order valence-corrected chi connectivity index (χ1v) is 6.79. The Hall–Kier alpha value is -1.74. The van der Waals surface area contributed by atoms with Crippen LogP contribution in [0.25, 0.3) is 0 Å². The van der Waals surface area contributed by atoms with E-state index in [0.29, 0.717) is 0 Å². The summed E-state index contributed by atoms with van der Waals surface area (Å²) in [5.74, 6) is 1.04. The van der Waals surface area contributed by atoms with Crippen molar-refractivity contribution < 1.29 is 4.74 Å². The van der Waals surface area contributed by atoms with E-state index < -0.39 is 0 Å². The van der Waals surface area contributed by atoms with E-state index in [1.165, 1.54) is 16.7 Å². The first kappa shape index (κ1) is 12.3. The SMILES string of the molecule is Cc1ccc2c(c1)CC(Cn1ccc(C(C)N)c1)O2. The average molecular weight is 256 g/mol. The van der Waals surface area contributed by atoms with Crippen molar-refractivity contribution in [3.63, 3.8) is 0 Å². The molecule has 0 saturated heterocycles. The zero-order chi connectivity index (χ0) is 13.4. The first-order chi connectivity index (χ1) is 9.11. The number of nitrogens with two attached hydrogens (primary N) is 1. The highest BCUT2D eigenvalue weighted by Crippen LogP contribution is 2.30. The second-order valence-corrected chi connectivity index (χ2v) is 5.49. The third kappa shape index (κ3) is 2.51. The minimum atomic E-state index is 0.0885. The molecule has 2 unspecified atom stereocenters. The predicted molar refractivity (Wildman–Crippen MR) is 76.3 cm³/mol. The van der Waals surface area contributed by atoms with E-state index in [9.17, 15) is 0 Å². The largest absolute Gasteiger partial charge is 0.488 e. The second kappa shape index (κ2) is 4.74. The molecule has 0 aliphatic carbocycles. The minimum Gasteiger partial charge on any atom is -0.488 e. The van der Waals surface area contributed by atoms with Crippen LogP contribution in [-0.2, 0) is 13.0 Å². The maximum Gasteiger partial charge on any atom is 0.123 e. The van der Waals surface area contributed by atoms with Gasteiger partial charge < -0.3 is 15.0 Å². The number of hydrogen-bond donors (Lipinski definition) is 1. The molecule has 2 heterocycles. The summed E-state index contributed by atoms with van der Waals surface area (Å²) in [6.07, 6.45) is 5.41. The Labute approximate surface area is 114 Å². The van der Waals surface area contributed by atoms with E-state index in [4.69, 9.17) is 10.5 Å². The maximum atomic E-state index is 5.98. The van der Waals surface area contributed by atoms with Gasteiger partial charge in [0.15, 0.2) is 0 Å². The summed E-state index contributed by atoms with van der Waals surface area (Å²) in [6.45, 7) is 5.00. The van der Waals surface area contributed by atoms with Gasteiger partial charge in [-0.05, 0) is 37.1 Å². The van der Waals surface area contributed by atoms with Gasteiger partial charge in [0.05, 0.1) is 6.54 Å². The standard InChI is InChI=1S/C16H20N2O/c1-11-3-4-16-14(7-11)8-15(19-16)10-18-6-5-13(9-18)12(2)17/h3-7,9,12,15H,8,10,17H2,1-2H3. The van der Waals surface area contributed by atoms with Crippen LogP contribution in [0.3, 0.4) is 0 Å². The lowest BCUT2D eigenvalue weighted by Crippen LogP contribution is -2.20. The smallest absolute Gasteiger partial charge is 0.123 e. The Morgan fingerprint density at radius 3 is 3.00 bits per heavy atom. The first-order valence-electron chi connectivity index (χ1n) is 6.79. The lowest BCUT2D eigenvalue weighted by molar-refractivity contribution is 0.209. The van der Waals surface area contributed by atoms with E-state index in [1.807, 2.05) is 6.92 Å². The van der Waals surface area contributed by atoms with Crippen LogP contribution in [0, 0.1) is 6.92 Å². The molecule has 2 N–H and O–H groups in total. The highest BCUT2D eigenvalue weighted by Gasteiger charge is 2.23. The van der Waals surface area contributed by atoms with E-state index in [0.717, 1.165) is 18.7 Å². The van der Waals surface area contributed by atoms with Gasteiger partial charge in [-0.25, -0.2) is 0 Å². The fourth-order valence-corrected chi connectivity index (χ4v) is 2.63. The van der Waals surface area contributed by atoms with E-state index in [-0.39, 0.29) is 12.1 Å². The summed E-state index contributed by atoms with van der Waals surface area (Å²) in [5, 5.41) is 0. The molecule has 3 nitrogen and oxygen atoms in total. The van der Waals surface area contributed by atoms with Gasteiger partial charge >= 0.3 is 0 Å². The molecule has 1 aliphatic rings. The Morgan fingerprint density at radius 1 is 1.42 bits per heavy atom. The number of rotatable bonds is 3. The van der Waals surface area contributed by atoms with Gasteiger partial charge in [-0.15, -0.1) is 0 Å². The Kier molecular flexibility index (Phi) is 3.07. The summed E-state index contributed by atoms with van der Waals surface area (Å²) < 4.78 is 8.15. The molecule has 2 atom stereocenters. The van der Waals surface area contributed by atoms with Crippen LogP contribution in [0.4, 0.5) is 0 Å². The molecule has 100 valence electrons. The second-order valence-electron chi connectivity index (χ2n) is 5.49. The minimum absolute atomic E-state index is 0.0885. The van der Waals surface area contributed by atoms with Crippen LogP contribution in [0.15, 0.2) is 36.7 Å². The number of ether oxygens (including phenoxy) is 1. The van der Waals surface area contributed by atoms with Gasteiger partial charge in [-0.3, -0.25) is 0 Å². The molecule has 3 heteroatoms. The van der Waals surface area contributed by atoms with Gasteiger partial charge in [0.25, 0.3) is 0 Å². The molecule has 19 heavy (non-hydrogen) atoms. The number of aromatic nitrogens is 1. The molecular formula is C16H20N2O. The van der Waals surface area contributed by atoms with Crippen LogP contribution in [0.1, 0.15) is 29.7 Å². The highest BCUT2D eigenvalue weighted by molar-refractivity contribution is 5.40. The Morgan fingerprint density at radius 2 is 2.26 bits per heavy atom. The molecule has 3 rings (SSSR count). The van der Waals surface area contributed by atoms with Crippen LogP contribution in [-0.4, -0.2) is 10.7 Å². The van der Waals surface area contributed by atoms with Crippen molar-refractivity contribution >= 4 is 0 Å². The van der Waals surface area contributed by atoms with Crippen LogP contribution in [0.2, 0.25) is 0 Å². The molecule has 0 bridgehead atoms. The molecule has 1 aliphatic heterocycles. The third-order valence-corrected chi connectivity index (χ3v) is 3.67. The van der Waals surface area contributed by atoms with Crippen LogP contribution in [0.5, 0.6) is 5.75 Å². The van der Waals surface area contributed by atoms with Crippen LogP contribution >= 0.6 is 0 Å². The predicted octanol–water partition coefficient (Wildman–Crippen LogP) is 2.82. The van der Waals surface area contributed by atoms with Crippen molar-refractivity contribution in [3.8, 4) is 5.75 Å². The lowest BCUT2D eigenvalue weighted by atomic mass is 10.1. The quantitative estimate of drug-likeness (QED) is 0.917. The summed E-state index contributed by atoms with van der Waals surface area (Å²) in [4.78, 5) is 0. The van der Waals surface area contributed by atoms with Crippen molar-refractivity contribution in [2.45, 2.75) is 39.0 Å². The molecule has 0 amide bonds. The summed E-state index contributed by atoms with van der Waals surface area (Å²) in [7, 11) is 0. The van der Waals surface area contributed by atoms with Gasteiger partial charge in [-0.1, -0.05) is 17.7 Å². The van der Waals surface area contributed by atoms with Gasteiger partial charge in [0, 0.05) is 24.9 Å². The number of benzene rings is 1. The molecule has 1 aromatic heterocycles. The monoisotopic (exact) mass is 256 g/mol. The molecule has 1 aromatic carbocycles. The summed E-state index contributed by atoms with van der Waals surface area (Å²) >= 11 is 0. The van der Waals surface area contributed by atoms with Crippen molar-refractivity contribution in [1.29, 1.82) is 0 Å². The van der Waals surface area contributed by atoms with E-state index >= 15 is 0 Å². The van der Waals surface area contributed by atoms with Crippen LogP contribution < -0.4 is 10.5 Å². The highest BCUT2D eigenvalue weighted by atomic mass is 16.5. The van der Waals surface area contributed by atoms with Crippen molar-refractivity contribution in [2.75, 3.05) is 0 Å². The Balaban J connectivity index is 1.69. The van der Waals surface area contributed by atoms with Gasteiger partial charge in [-0.2, -0.15) is 0 Å². The zero-order valence-electron chi connectivity index (χ0n) is 11.5. The molecule has 0 saturated carbocycles. The van der Waals surface area contributed by atoms with Crippen molar-refractivity contribution in [1.82, 2.24) is 4.57 Å². The summed E-state index contributed by atoms with van der Waals surface area (Å²) in [6, 6.07) is 8.57. The molecule has 0 spiro atoms. The number of fused-ring (bicyclic) bond motifs is 1. The maximum absolute atomic E-state index is 5.98. The lowest BCUT2D eigenvalue weighted by Gasteiger charge is -2.11.